The topological polar surface area (TPSA) is 65.4 Å². The van der Waals surface area contributed by atoms with E-state index in [9.17, 15) is 4.79 Å². The van der Waals surface area contributed by atoms with Crippen molar-refractivity contribution in [2.45, 2.75) is 6.61 Å². The molecule has 8 heteroatoms. The zero-order valence-corrected chi connectivity index (χ0v) is 18.6. The predicted octanol–water partition coefficient (Wildman–Crippen LogP) is 6.60. The van der Waals surface area contributed by atoms with Crippen LogP contribution in [0.1, 0.15) is 5.56 Å². The van der Waals surface area contributed by atoms with Crippen LogP contribution in [0.15, 0.2) is 79.0 Å². The standard InChI is InChI=1S/C24H19Cl2N3O3/c1-31-20-10-7-16(8-11-20)23-17(14-29(28-23)19-5-3-2-4-6-19)15-32-24(30)27-18-9-12-21(25)22(26)13-18/h2-14H,15H2,1H3,(H,27,30). The average Bonchev–Trinajstić information content (AvgIpc) is 3.25. The summed E-state index contributed by atoms with van der Waals surface area (Å²) in [5.74, 6) is 0.745. The number of amides is 1. The average molecular weight is 468 g/mol. The van der Waals surface area contributed by atoms with Crippen molar-refractivity contribution < 1.29 is 14.3 Å². The molecule has 1 aromatic heterocycles. The predicted molar refractivity (Wildman–Crippen MR) is 126 cm³/mol. The van der Waals surface area contributed by atoms with Crippen molar-refractivity contribution in [3.05, 3.63) is 94.6 Å². The van der Waals surface area contributed by atoms with E-state index in [1.807, 2.05) is 60.8 Å². The minimum atomic E-state index is -0.614. The van der Waals surface area contributed by atoms with Crippen molar-refractivity contribution in [1.82, 2.24) is 9.78 Å². The second-order valence-corrected chi connectivity index (χ2v) is 7.66. The van der Waals surface area contributed by atoms with Gasteiger partial charge in [-0.25, -0.2) is 9.48 Å². The number of anilines is 1. The summed E-state index contributed by atoms with van der Waals surface area (Å²) in [5, 5.41) is 8.12. The number of aromatic nitrogens is 2. The fourth-order valence-electron chi connectivity index (χ4n) is 3.09. The maximum Gasteiger partial charge on any atom is 0.411 e. The highest BCUT2D eigenvalue weighted by molar-refractivity contribution is 6.42. The Morgan fingerprint density at radius 1 is 1.00 bits per heavy atom. The molecule has 0 saturated carbocycles. The van der Waals surface area contributed by atoms with Crippen LogP contribution in [-0.4, -0.2) is 23.0 Å². The molecule has 0 atom stereocenters. The Hall–Kier alpha value is -3.48. The van der Waals surface area contributed by atoms with Crippen LogP contribution in [0.5, 0.6) is 5.75 Å². The maximum atomic E-state index is 12.3. The lowest BCUT2D eigenvalue weighted by molar-refractivity contribution is 0.155. The molecule has 3 aromatic carbocycles. The monoisotopic (exact) mass is 467 g/mol. The molecule has 0 radical (unpaired) electrons. The SMILES string of the molecule is COc1ccc(-c2nn(-c3ccccc3)cc2COC(=O)Nc2ccc(Cl)c(Cl)c2)cc1. The van der Waals surface area contributed by atoms with Gasteiger partial charge in [0, 0.05) is 23.0 Å². The molecule has 162 valence electrons. The van der Waals surface area contributed by atoms with Crippen LogP contribution in [-0.2, 0) is 11.3 Å². The molecule has 1 N–H and O–H groups in total. The van der Waals surface area contributed by atoms with Crippen LogP contribution >= 0.6 is 23.2 Å². The summed E-state index contributed by atoms with van der Waals surface area (Å²) >= 11 is 11.9. The number of ether oxygens (including phenoxy) is 2. The third-order valence-electron chi connectivity index (χ3n) is 4.70. The van der Waals surface area contributed by atoms with Gasteiger partial charge in [-0.15, -0.1) is 0 Å². The number of para-hydroxylation sites is 1. The van der Waals surface area contributed by atoms with Crippen molar-refractivity contribution in [2.75, 3.05) is 12.4 Å². The van der Waals surface area contributed by atoms with Gasteiger partial charge in [0.25, 0.3) is 0 Å². The number of methoxy groups -OCH3 is 1. The first-order valence-electron chi connectivity index (χ1n) is 9.70. The van der Waals surface area contributed by atoms with E-state index < -0.39 is 6.09 Å². The van der Waals surface area contributed by atoms with Gasteiger partial charge in [0.2, 0.25) is 0 Å². The van der Waals surface area contributed by atoms with Gasteiger partial charge in [-0.2, -0.15) is 5.10 Å². The second-order valence-electron chi connectivity index (χ2n) is 6.84. The number of carbonyl (C=O) groups excluding carboxylic acids is 1. The molecule has 6 nitrogen and oxygen atoms in total. The molecule has 0 aliphatic heterocycles. The Labute approximate surface area is 195 Å². The molecule has 0 bridgehead atoms. The van der Waals surface area contributed by atoms with E-state index in [1.165, 1.54) is 0 Å². The number of nitrogens with one attached hydrogen (secondary N) is 1. The van der Waals surface area contributed by atoms with Gasteiger partial charge in [-0.1, -0.05) is 41.4 Å². The van der Waals surface area contributed by atoms with Crippen molar-refractivity contribution in [3.63, 3.8) is 0 Å². The fraction of sp³-hybridized carbons (Fsp3) is 0.0833. The van der Waals surface area contributed by atoms with E-state index in [0.717, 1.165) is 22.6 Å². The number of benzene rings is 3. The third kappa shape index (κ3) is 5.04. The number of carbonyl (C=O) groups is 1. The van der Waals surface area contributed by atoms with Crippen molar-refractivity contribution >= 4 is 35.0 Å². The van der Waals surface area contributed by atoms with E-state index in [0.29, 0.717) is 21.4 Å². The molecule has 1 heterocycles. The van der Waals surface area contributed by atoms with E-state index >= 15 is 0 Å². The fourth-order valence-corrected chi connectivity index (χ4v) is 3.39. The molecule has 0 unspecified atom stereocenters. The Morgan fingerprint density at radius 3 is 2.44 bits per heavy atom. The highest BCUT2D eigenvalue weighted by Gasteiger charge is 2.15. The molecule has 0 aliphatic carbocycles. The molecular weight excluding hydrogens is 449 g/mol. The summed E-state index contributed by atoms with van der Waals surface area (Å²) in [6.45, 7) is 0.0291. The highest BCUT2D eigenvalue weighted by atomic mass is 35.5. The molecule has 4 rings (SSSR count). The number of hydrogen-bond acceptors (Lipinski definition) is 4. The van der Waals surface area contributed by atoms with Gasteiger partial charge in [0.05, 0.1) is 28.5 Å². The van der Waals surface area contributed by atoms with Gasteiger partial charge >= 0.3 is 6.09 Å². The van der Waals surface area contributed by atoms with E-state index in [1.54, 1.807) is 30.0 Å². The van der Waals surface area contributed by atoms with Gasteiger partial charge in [-0.3, -0.25) is 5.32 Å². The summed E-state index contributed by atoms with van der Waals surface area (Å²) in [5.41, 5.74) is 3.72. The second kappa shape index (κ2) is 9.77. The van der Waals surface area contributed by atoms with E-state index in [-0.39, 0.29) is 6.61 Å². The van der Waals surface area contributed by atoms with Gasteiger partial charge in [0.1, 0.15) is 12.4 Å². The molecule has 0 saturated heterocycles. The van der Waals surface area contributed by atoms with Crippen LogP contribution < -0.4 is 10.1 Å². The minimum absolute atomic E-state index is 0.0291. The zero-order valence-electron chi connectivity index (χ0n) is 17.1. The van der Waals surface area contributed by atoms with Crippen LogP contribution in [0.25, 0.3) is 16.9 Å². The van der Waals surface area contributed by atoms with Crippen molar-refractivity contribution in [1.29, 1.82) is 0 Å². The van der Waals surface area contributed by atoms with Gasteiger partial charge < -0.3 is 9.47 Å². The number of halogens is 2. The quantitative estimate of drug-likeness (QED) is 0.346. The van der Waals surface area contributed by atoms with Crippen molar-refractivity contribution in [2.24, 2.45) is 0 Å². The first-order chi connectivity index (χ1) is 15.5. The molecule has 32 heavy (non-hydrogen) atoms. The normalized spacial score (nSPS) is 10.6. The highest BCUT2D eigenvalue weighted by Crippen LogP contribution is 2.27. The molecule has 0 fully saturated rings. The summed E-state index contributed by atoms with van der Waals surface area (Å²) < 4.78 is 12.5. The van der Waals surface area contributed by atoms with E-state index in [4.69, 9.17) is 37.8 Å². The lowest BCUT2D eigenvalue weighted by atomic mass is 10.1. The first-order valence-corrected chi connectivity index (χ1v) is 10.5. The smallest absolute Gasteiger partial charge is 0.411 e. The van der Waals surface area contributed by atoms with Crippen molar-refractivity contribution in [3.8, 4) is 22.7 Å². The summed E-state index contributed by atoms with van der Waals surface area (Å²) in [6, 6.07) is 22.1. The number of nitrogens with zero attached hydrogens (tertiary/aromatic N) is 2. The lowest BCUT2D eigenvalue weighted by Crippen LogP contribution is -2.13. The molecular formula is C24H19Cl2N3O3. The molecule has 0 aliphatic rings. The molecule has 1 amide bonds. The van der Waals surface area contributed by atoms with E-state index in [2.05, 4.69) is 5.32 Å². The summed E-state index contributed by atoms with van der Waals surface area (Å²) in [6.07, 6.45) is 1.23. The Morgan fingerprint density at radius 2 is 1.75 bits per heavy atom. The Bertz CT molecular complexity index is 1230. The first kappa shape index (κ1) is 21.7. The van der Waals surface area contributed by atoms with Crippen LogP contribution in [0, 0.1) is 0 Å². The van der Waals surface area contributed by atoms with Crippen LogP contribution in [0.2, 0.25) is 10.0 Å². The van der Waals surface area contributed by atoms with Gasteiger partial charge in [-0.05, 0) is 54.6 Å². The summed E-state index contributed by atoms with van der Waals surface area (Å²) in [7, 11) is 1.62. The zero-order chi connectivity index (χ0) is 22.5. The molecule has 4 aromatic rings. The lowest BCUT2D eigenvalue weighted by Gasteiger charge is -2.08. The number of rotatable bonds is 6. The van der Waals surface area contributed by atoms with Crippen LogP contribution in [0.4, 0.5) is 10.5 Å². The molecule has 0 spiro atoms. The third-order valence-corrected chi connectivity index (χ3v) is 5.44. The Kier molecular flexibility index (Phi) is 6.63. The minimum Gasteiger partial charge on any atom is -0.497 e. The van der Waals surface area contributed by atoms with Crippen LogP contribution in [0.3, 0.4) is 0 Å². The van der Waals surface area contributed by atoms with Gasteiger partial charge in [0.15, 0.2) is 0 Å². The number of hydrogen-bond donors (Lipinski definition) is 1. The largest absolute Gasteiger partial charge is 0.497 e. The maximum absolute atomic E-state index is 12.3. The Balaban J connectivity index is 1.56. The summed E-state index contributed by atoms with van der Waals surface area (Å²) in [4.78, 5) is 12.3.